The first kappa shape index (κ1) is 16.5. The van der Waals surface area contributed by atoms with E-state index in [1.54, 1.807) is 12.7 Å². The molecule has 2 nitrogen and oxygen atoms in total. The number of rotatable bonds is 8. The lowest BCUT2D eigenvalue weighted by molar-refractivity contribution is 0.0118. The van der Waals surface area contributed by atoms with Gasteiger partial charge in [0.15, 0.2) is 0 Å². The molecule has 0 atom stereocenters. The van der Waals surface area contributed by atoms with Crippen LogP contribution in [0.2, 0.25) is 0 Å². The average molecular weight is 289 g/mol. The molecule has 0 heterocycles. The Morgan fingerprint density at radius 1 is 1.14 bits per heavy atom. The van der Waals surface area contributed by atoms with Gasteiger partial charge in [-0.1, -0.05) is 51.0 Å². The second-order valence-electron chi connectivity index (χ2n) is 6.83. The standard InChI is InChI=1S/C19H31NO/c1-5-18(6-2)13-19(14-18,15-20-11-12-21-4)17-10-8-7-9-16(17)3/h7-10,20H,5-6,11-15H2,1-4H3. The highest BCUT2D eigenvalue weighted by Gasteiger charge is 2.53. The van der Waals surface area contributed by atoms with Gasteiger partial charge < -0.3 is 10.1 Å². The van der Waals surface area contributed by atoms with Crippen molar-refractivity contribution in [3.05, 3.63) is 35.4 Å². The zero-order valence-electron chi connectivity index (χ0n) is 14.2. The average Bonchev–Trinajstić information content (AvgIpc) is 2.47. The molecule has 0 bridgehead atoms. The lowest BCUT2D eigenvalue weighted by Crippen LogP contribution is -2.55. The summed E-state index contributed by atoms with van der Waals surface area (Å²) in [6, 6.07) is 8.93. The Labute approximate surface area is 130 Å². The van der Waals surface area contributed by atoms with Crippen LogP contribution >= 0.6 is 0 Å². The molecule has 21 heavy (non-hydrogen) atoms. The minimum absolute atomic E-state index is 0.325. The molecule has 0 saturated heterocycles. The van der Waals surface area contributed by atoms with Crippen molar-refractivity contribution in [3.63, 3.8) is 0 Å². The van der Waals surface area contributed by atoms with Crippen LogP contribution in [0.4, 0.5) is 0 Å². The summed E-state index contributed by atoms with van der Waals surface area (Å²) in [4.78, 5) is 0. The van der Waals surface area contributed by atoms with Crippen molar-refractivity contribution in [2.75, 3.05) is 26.8 Å². The summed E-state index contributed by atoms with van der Waals surface area (Å²) < 4.78 is 5.16. The van der Waals surface area contributed by atoms with Crippen molar-refractivity contribution in [1.82, 2.24) is 5.32 Å². The van der Waals surface area contributed by atoms with Gasteiger partial charge >= 0.3 is 0 Å². The van der Waals surface area contributed by atoms with Crippen molar-refractivity contribution in [2.24, 2.45) is 5.41 Å². The number of hydrogen-bond acceptors (Lipinski definition) is 2. The van der Waals surface area contributed by atoms with Crippen LogP contribution in [-0.4, -0.2) is 26.8 Å². The Morgan fingerprint density at radius 2 is 1.81 bits per heavy atom. The van der Waals surface area contributed by atoms with Crippen LogP contribution < -0.4 is 5.32 Å². The highest BCUT2D eigenvalue weighted by atomic mass is 16.5. The molecule has 2 rings (SSSR count). The predicted molar refractivity (Wildman–Crippen MR) is 89.9 cm³/mol. The predicted octanol–water partition coefficient (Wildman–Crippen LogP) is 4.07. The number of hydrogen-bond donors (Lipinski definition) is 1. The normalized spacial score (nSPS) is 19.2. The van der Waals surface area contributed by atoms with Gasteiger partial charge in [0.05, 0.1) is 6.61 Å². The summed E-state index contributed by atoms with van der Waals surface area (Å²) in [7, 11) is 1.77. The van der Waals surface area contributed by atoms with Crippen LogP contribution in [-0.2, 0) is 10.2 Å². The second kappa shape index (κ2) is 6.93. The first-order valence-electron chi connectivity index (χ1n) is 8.37. The van der Waals surface area contributed by atoms with E-state index < -0.39 is 0 Å². The molecule has 1 saturated carbocycles. The van der Waals surface area contributed by atoms with Crippen molar-refractivity contribution >= 4 is 0 Å². The van der Waals surface area contributed by atoms with Crippen LogP contribution in [0.25, 0.3) is 0 Å². The summed E-state index contributed by atoms with van der Waals surface area (Å²) >= 11 is 0. The van der Waals surface area contributed by atoms with Gasteiger partial charge in [-0.3, -0.25) is 0 Å². The van der Waals surface area contributed by atoms with Gasteiger partial charge in [-0.25, -0.2) is 0 Å². The van der Waals surface area contributed by atoms with Crippen molar-refractivity contribution in [2.45, 2.75) is 51.9 Å². The molecule has 118 valence electrons. The third-order valence-electron chi connectivity index (χ3n) is 5.59. The number of ether oxygens (including phenoxy) is 1. The topological polar surface area (TPSA) is 21.3 Å². The van der Waals surface area contributed by atoms with Crippen molar-refractivity contribution in [1.29, 1.82) is 0 Å². The van der Waals surface area contributed by atoms with E-state index in [0.29, 0.717) is 10.8 Å². The van der Waals surface area contributed by atoms with Gasteiger partial charge in [0, 0.05) is 25.6 Å². The maximum absolute atomic E-state index is 5.16. The van der Waals surface area contributed by atoms with Gasteiger partial charge in [0.2, 0.25) is 0 Å². The van der Waals surface area contributed by atoms with E-state index in [4.69, 9.17) is 4.74 Å². The fraction of sp³-hybridized carbons (Fsp3) is 0.684. The van der Waals surface area contributed by atoms with Gasteiger partial charge in [0.25, 0.3) is 0 Å². The van der Waals surface area contributed by atoms with E-state index >= 15 is 0 Å². The maximum atomic E-state index is 5.16. The fourth-order valence-electron chi connectivity index (χ4n) is 4.21. The van der Waals surface area contributed by atoms with Gasteiger partial charge in [0.1, 0.15) is 0 Å². The second-order valence-corrected chi connectivity index (χ2v) is 6.83. The number of benzene rings is 1. The third-order valence-corrected chi connectivity index (χ3v) is 5.59. The molecule has 1 N–H and O–H groups in total. The molecule has 1 aliphatic carbocycles. The van der Waals surface area contributed by atoms with Crippen molar-refractivity contribution < 1.29 is 4.74 Å². The molecule has 0 unspecified atom stereocenters. The van der Waals surface area contributed by atoms with E-state index in [-0.39, 0.29) is 0 Å². The summed E-state index contributed by atoms with van der Waals surface area (Å²) in [5.41, 5.74) is 3.87. The number of aryl methyl sites for hydroxylation is 1. The summed E-state index contributed by atoms with van der Waals surface area (Å²) in [5.74, 6) is 0. The first-order valence-corrected chi connectivity index (χ1v) is 8.37. The van der Waals surface area contributed by atoms with E-state index in [0.717, 1.165) is 19.7 Å². The Bertz CT molecular complexity index is 443. The summed E-state index contributed by atoms with van der Waals surface area (Å²) in [5, 5.41) is 3.62. The third kappa shape index (κ3) is 3.32. The minimum atomic E-state index is 0.325. The van der Waals surface area contributed by atoms with Crippen LogP contribution in [0.5, 0.6) is 0 Å². The minimum Gasteiger partial charge on any atom is -0.383 e. The molecule has 0 amide bonds. The van der Waals surface area contributed by atoms with Crippen LogP contribution in [0.15, 0.2) is 24.3 Å². The molecule has 0 aromatic heterocycles. The quantitative estimate of drug-likeness (QED) is 0.728. The largest absolute Gasteiger partial charge is 0.383 e. The Morgan fingerprint density at radius 3 is 2.38 bits per heavy atom. The summed E-state index contributed by atoms with van der Waals surface area (Å²) in [6.45, 7) is 9.76. The van der Waals surface area contributed by atoms with E-state index in [1.807, 2.05) is 0 Å². The molecule has 1 aliphatic rings. The lowest BCUT2D eigenvalue weighted by atomic mass is 9.48. The Kier molecular flexibility index (Phi) is 5.45. The van der Waals surface area contributed by atoms with Crippen molar-refractivity contribution in [3.8, 4) is 0 Å². The Balaban J connectivity index is 2.15. The van der Waals surface area contributed by atoms with Crippen LogP contribution in [0.1, 0.15) is 50.7 Å². The van der Waals surface area contributed by atoms with Crippen LogP contribution in [0.3, 0.4) is 0 Å². The SMILES string of the molecule is CCC1(CC)CC(CNCCOC)(c2ccccc2C)C1. The molecule has 0 radical (unpaired) electrons. The first-order chi connectivity index (χ1) is 10.1. The zero-order valence-corrected chi connectivity index (χ0v) is 14.2. The zero-order chi connectivity index (χ0) is 15.3. The molecular formula is C19H31NO. The molecule has 1 fully saturated rings. The molecule has 1 aromatic rings. The molecular weight excluding hydrogens is 258 g/mol. The summed E-state index contributed by atoms with van der Waals surface area (Å²) in [6.07, 6.45) is 5.24. The van der Waals surface area contributed by atoms with Gasteiger partial charge in [-0.2, -0.15) is 0 Å². The lowest BCUT2D eigenvalue weighted by Gasteiger charge is -2.57. The van der Waals surface area contributed by atoms with Crippen LogP contribution in [0, 0.1) is 12.3 Å². The highest BCUT2D eigenvalue weighted by molar-refractivity contribution is 5.37. The van der Waals surface area contributed by atoms with E-state index in [2.05, 4.69) is 50.4 Å². The highest BCUT2D eigenvalue weighted by Crippen LogP contribution is 2.59. The van der Waals surface area contributed by atoms with E-state index in [9.17, 15) is 0 Å². The Hall–Kier alpha value is -0.860. The van der Waals surface area contributed by atoms with E-state index in [1.165, 1.54) is 31.2 Å². The van der Waals surface area contributed by atoms with Gasteiger partial charge in [-0.15, -0.1) is 0 Å². The molecule has 0 spiro atoms. The molecule has 1 aromatic carbocycles. The maximum Gasteiger partial charge on any atom is 0.0587 e. The smallest absolute Gasteiger partial charge is 0.0587 e. The number of nitrogens with one attached hydrogen (secondary N) is 1. The fourth-order valence-corrected chi connectivity index (χ4v) is 4.21. The number of methoxy groups -OCH3 is 1. The molecule has 0 aliphatic heterocycles. The monoisotopic (exact) mass is 289 g/mol. The van der Waals surface area contributed by atoms with Gasteiger partial charge in [-0.05, 0) is 36.3 Å². The molecule has 2 heteroatoms.